The van der Waals surface area contributed by atoms with Gasteiger partial charge in [-0.15, -0.1) is 0 Å². The molecule has 0 aromatic heterocycles. The number of nitro groups is 1. The highest BCUT2D eigenvalue weighted by Crippen LogP contribution is 2.25. The Morgan fingerprint density at radius 1 is 1.25 bits per heavy atom. The fourth-order valence-corrected chi connectivity index (χ4v) is 1.64. The predicted octanol–water partition coefficient (Wildman–Crippen LogP) is 2.57. The van der Waals surface area contributed by atoms with E-state index in [0.29, 0.717) is 5.69 Å². The van der Waals surface area contributed by atoms with Gasteiger partial charge in [-0.05, 0) is 24.3 Å². The van der Waals surface area contributed by atoms with Crippen LogP contribution in [0.3, 0.4) is 0 Å². The summed E-state index contributed by atoms with van der Waals surface area (Å²) in [6, 6.07) is 8.92. The maximum atomic E-state index is 13.1. The summed E-state index contributed by atoms with van der Waals surface area (Å²) in [6.07, 6.45) is 0. The minimum Gasteiger partial charge on any atom is -0.399 e. The quantitative estimate of drug-likeness (QED) is 0.511. The fourth-order valence-electron chi connectivity index (χ4n) is 1.64. The summed E-state index contributed by atoms with van der Waals surface area (Å²) in [4.78, 5) is 22.1. The molecule has 2 aromatic carbocycles. The van der Waals surface area contributed by atoms with E-state index in [0.717, 1.165) is 18.2 Å². The van der Waals surface area contributed by atoms with Gasteiger partial charge in [0.2, 0.25) is 0 Å². The van der Waals surface area contributed by atoms with Crippen LogP contribution >= 0.6 is 0 Å². The molecule has 0 saturated carbocycles. The molecule has 0 radical (unpaired) electrons. The van der Waals surface area contributed by atoms with Gasteiger partial charge in [-0.2, -0.15) is 0 Å². The number of nitrogens with one attached hydrogen (secondary N) is 1. The van der Waals surface area contributed by atoms with E-state index in [1.807, 2.05) is 0 Å². The zero-order valence-corrected chi connectivity index (χ0v) is 10.2. The van der Waals surface area contributed by atoms with E-state index in [4.69, 9.17) is 5.73 Å². The number of benzene rings is 2. The summed E-state index contributed by atoms with van der Waals surface area (Å²) in [5.74, 6) is -1.29. The molecule has 0 aliphatic heterocycles. The Morgan fingerprint density at radius 2 is 2.00 bits per heavy atom. The summed E-state index contributed by atoms with van der Waals surface area (Å²) >= 11 is 0. The van der Waals surface area contributed by atoms with Crippen LogP contribution in [0.4, 0.5) is 21.5 Å². The molecule has 0 fully saturated rings. The average molecular weight is 275 g/mol. The topological polar surface area (TPSA) is 98.3 Å². The third-order valence-corrected chi connectivity index (χ3v) is 2.55. The van der Waals surface area contributed by atoms with Crippen LogP contribution in [0.1, 0.15) is 10.4 Å². The fraction of sp³-hybridized carbons (Fsp3) is 0. The molecule has 0 spiro atoms. The van der Waals surface area contributed by atoms with Crippen molar-refractivity contribution in [3.05, 3.63) is 64.0 Å². The Kier molecular flexibility index (Phi) is 3.60. The van der Waals surface area contributed by atoms with E-state index in [2.05, 4.69) is 5.32 Å². The highest BCUT2D eigenvalue weighted by molar-refractivity contribution is 6.05. The van der Waals surface area contributed by atoms with Crippen LogP contribution in [0.5, 0.6) is 0 Å². The van der Waals surface area contributed by atoms with Gasteiger partial charge in [-0.3, -0.25) is 14.9 Å². The molecule has 0 unspecified atom stereocenters. The molecular formula is C13H10FN3O3. The lowest BCUT2D eigenvalue weighted by atomic mass is 10.2. The second-order valence-electron chi connectivity index (χ2n) is 4.00. The molecule has 0 aliphatic rings. The van der Waals surface area contributed by atoms with Gasteiger partial charge in [0.15, 0.2) is 0 Å². The number of nitrogens with two attached hydrogens (primary N) is 1. The van der Waals surface area contributed by atoms with Gasteiger partial charge in [-0.1, -0.05) is 6.07 Å². The number of nitro benzene ring substituents is 1. The Bertz CT molecular complexity index is 688. The molecular weight excluding hydrogens is 265 g/mol. The molecule has 102 valence electrons. The van der Waals surface area contributed by atoms with E-state index < -0.39 is 16.6 Å². The lowest BCUT2D eigenvalue weighted by molar-refractivity contribution is -0.384. The van der Waals surface area contributed by atoms with Crippen molar-refractivity contribution in [1.29, 1.82) is 0 Å². The van der Waals surface area contributed by atoms with Gasteiger partial charge < -0.3 is 11.1 Å². The lowest BCUT2D eigenvalue weighted by Crippen LogP contribution is -2.13. The summed E-state index contributed by atoms with van der Waals surface area (Å²) in [7, 11) is 0. The molecule has 2 rings (SSSR count). The van der Waals surface area contributed by atoms with E-state index in [1.54, 1.807) is 12.1 Å². The summed E-state index contributed by atoms with van der Waals surface area (Å²) in [5.41, 5.74) is 5.56. The van der Waals surface area contributed by atoms with Crippen molar-refractivity contribution in [3.8, 4) is 0 Å². The minimum atomic E-state index is -0.700. The molecule has 0 heterocycles. The van der Waals surface area contributed by atoms with Crippen LogP contribution in [0.25, 0.3) is 0 Å². The maximum Gasteiger partial charge on any atom is 0.292 e. The number of hydrogen-bond donors (Lipinski definition) is 2. The van der Waals surface area contributed by atoms with Crippen molar-refractivity contribution in [2.24, 2.45) is 0 Å². The number of halogens is 1. The number of nitrogen functional groups attached to an aromatic ring is 1. The molecule has 3 N–H and O–H groups in total. The van der Waals surface area contributed by atoms with Crippen LogP contribution < -0.4 is 11.1 Å². The second kappa shape index (κ2) is 5.35. The maximum absolute atomic E-state index is 13.1. The van der Waals surface area contributed by atoms with E-state index >= 15 is 0 Å². The van der Waals surface area contributed by atoms with Gasteiger partial charge in [0.1, 0.15) is 11.5 Å². The third-order valence-electron chi connectivity index (χ3n) is 2.55. The summed E-state index contributed by atoms with van der Waals surface area (Å²) < 4.78 is 13.1. The molecule has 2 aromatic rings. The van der Waals surface area contributed by atoms with Gasteiger partial charge in [0.05, 0.1) is 4.92 Å². The highest BCUT2D eigenvalue weighted by atomic mass is 19.1. The van der Waals surface area contributed by atoms with Crippen LogP contribution in [-0.4, -0.2) is 10.8 Å². The molecule has 0 atom stereocenters. The first kappa shape index (κ1) is 13.5. The molecule has 0 saturated heterocycles. The summed E-state index contributed by atoms with van der Waals surface area (Å²) in [5, 5.41) is 13.1. The van der Waals surface area contributed by atoms with Crippen LogP contribution in [0.15, 0.2) is 42.5 Å². The molecule has 1 amide bonds. The Hall–Kier alpha value is -2.96. The molecule has 0 aliphatic carbocycles. The Balaban J connectivity index is 2.32. The van der Waals surface area contributed by atoms with Crippen molar-refractivity contribution < 1.29 is 14.1 Å². The summed E-state index contributed by atoms with van der Waals surface area (Å²) in [6.45, 7) is 0. The zero-order chi connectivity index (χ0) is 14.7. The lowest BCUT2D eigenvalue weighted by Gasteiger charge is -2.06. The Labute approximate surface area is 113 Å². The van der Waals surface area contributed by atoms with Crippen LogP contribution in [0.2, 0.25) is 0 Å². The van der Waals surface area contributed by atoms with Gasteiger partial charge in [-0.25, -0.2) is 4.39 Å². The second-order valence-corrected chi connectivity index (χ2v) is 4.00. The normalized spacial score (nSPS) is 10.1. The predicted molar refractivity (Wildman–Crippen MR) is 71.9 cm³/mol. The first-order valence-corrected chi connectivity index (χ1v) is 5.58. The monoisotopic (exact) mass is 275 g/mol. The molecule has 0 bridgehead atoms. The molecule has 6 nitrogen and oxygen atoms in total. The largest absolute Gasteiger partial charge is 0.399 e. The number of carbonyl (C=O) groups excluding carboxylic acids is 1. The number of carbonyl (C=O) groups is 1. The molecule has 7 heteroatoms. The number of anilines is 2. The minimum absolute atomic E-state index is 0.206. The van der Waals surface area contributed by atoms with Crippen LogP contribution in [0, 0.1) is 15.9 Å². The molecule has 20 heavy (non-hydrogen) atoms. The van der Waals surface area contributed by atoms with Crippen molar-refractivity contribution in [1.82, 2.24) is 0 Å². The van der Waals surface area contributed by atoms with E-state index in [9.17, 15) is 19.3 Å². The van der Waals surface area contributed by atoms with Gasteiger partial charge >= 0.3 is 0 Å². The van der Waals surface area contributed by atoms with E-state index in [-0.39, 0.29) is 16.9 Å². The van der Waals surface area contributed by atoms with Crippen molar-refractivity contribution >= 4 is 23.0 Å². The third kappa shape index (κ3) is 2.89. The number of amides is 1. The van der Waals surface area contributed by atoms with Gasteiger partial charge in [0.25, 0.3) is 11.6 Å². The SMILES string of the molecule is Nc1cccc(C(=O)Nc2cc(F)ccc2[N+](=O)[O-])c1. The first-order chi connectivity index (χ1) is 9.47. The zero-order valence-electron chi connectivity index (χ0n) is 10.2. The number of rotatable bonds is 3. The Morgan fingerprint density at radius 3 is 2.65 bits per heavy atom. The van der Waals surface area contributed by atoms with Gasteiger partial charge in [0, 0.05) is 23.4 Å². The standard InChI is InChI=1S/C13H10FN3O3/c14-9-4-5-12(17(19)20)11(7-9)16-13(18)8-2-1-3-10(15)6-8/h1-7H,15H2,(H,16,18). The number of hydrogen-bond acceptors (Lipinski definition) is 4. The van der Waals surface area contributed by atoms with E-state index in [1.165, 1.54) is 12.1 Å². The van der Waals surface area contributed by atoms with Crippen LogP contribution in [-0.2, 0) is 0 Å². The number of nitrogens with zero attached hydrogens (tertiary/aromatic N) is 1. The van der Waals surface area contributed by atoms with Crippen molar-refractivity contribution in [2.45, 2.75) is 0 Å². The van der Waals surface area contributed by atoms with Crippen molar-refractivity contribution in [2.75, 3.05) is 11.1 Å². The average Bonchev–Trinajstić information content (AvgIpc) is 2.38. The van der Waals surface area contributed by atoms with Crippen molar-refractivity contribution in [3.63, 3.8) is 0 Å². The highest BCUT2D eigenvalue weighted by Gasteiger charge is 2.17. The first-order valence-electron chi connectivity index (χ1n) is 5.58. The smallest absolute Gasteiger partial charge is 0.292 e.